The van der Waals surface area contributed by atoms with Crippen LogP contribution in [0.1, 0.15) is 51.0 Å². The van der Waals surface area contributed by atoms with Crippen LogP contribution >= 0.6 is 23.2 Å². The summed E-state index contributed by atoms with van der Waals surface area (Å²) in [6, 6.07) is 8.70. The van der Waals surface area contributed by atoms with Gasteiger partial charge in [0.25, 0.3) is 0 Å². The van der Waals surface area contributed by atoms with E-state index >= 15 is 0 Å². The lowest BCUT2D eigenvalue weighted by molar-refractivity contribution is -0.140. The zero-order chi connectivity index (χ0) is 29.4. The van der Waals surface area contributed by atoms with Crippen LogP contribution in [-0.4, -0.2) is 64.2 Å². The number of amides is 2. The topological polar surface area (TPSA) is 105 Å². The molecule has 12 heteroatoms. The molecule has 1 saturated carbocycles. The standard InChI is InChI=1S/C28H37Cl2N3O6S/c1-5-24(28(35)31-21-9-7-6-8-10-21)32(17-19-11-12-20(29)15-23(19)30)27(34)18-33(40(4,36)37)22-13-14-25(38-2)26(16-22)39-3/h11-16,21,24H,5-10,17-18H2,1-4H3,(H,31,35)/t24-/m1/s1. The smallest absolute Gasteiger partial charge is 0.244 e. The number of ether oxygens (including phenoxy) is 2. The molecular weight excluding hydrogens is 577 g/mol. The van der Waals surface area contributed by atoms with Crippen LogP contribution < -0.4 is 19.1 Å². The van der Waals surface area contributed by atoms with E-state index in [2.05, 4.69) is 5.32 Å². The van der Waals surface area contributed by atoms with Crippen molar-refractivity contribution in [3.63, 3.8) is 0 Å². The number of methoxy groups -OCH3 is 2. The molecule has 1 aliphatic carbocycles. The molecule has 40 heavy (non-hydrogen) atoms. The molecule has 0 bridgehead atoms. The average Bonchev–Trinajstić information content (AvgIpc) is 2.92. The number of carbonyl (C=O) groups excluding carboxylic acids is 2. The lowest BCUT2D eigenvalue weighted by atomic mass is 9.95. The number of hydrogen-bond acceptors (Lipinski definition) is 6. The number of rotatable bonds is 12. The first-order valence-corrected chi connectivity index (χ1v) is 15.8. The highest BCUT2D eigenvalue weighted by Gasteiger charge is 2.33. The van der Waals surface area contributed by atoms with Crippen molar-refractivity contribution >= 4 is 50.7 Å². The molecule has 2 aromatic carbocycles. The van der Waals surface area contributed by atoms with Crippen LogP contribution in [0.2, 0.25) is 10.0 Å². The molecule has 2 amide bonds. The SMILES string of the molecule is CC[C@H](C(=O)NC1CCCCC1)N(Cc1ccc(Cl)cc1Cl)C(=O)CN(c1ccc(OC)c(OC)c1)S(C)(=O)=O. The van der Waals surface area contributed by atoms with Gasteiger partial charge < -0.3 is 19.7 Å². The zero-order valence-corrected chi connectivity index (χ0v) is 25.6. The Morgan fingerprint density at radius 1 is 1.02 bits per heavy atom. The molecule has 9 nitrogen and oxygen atoms in total. The van der Waals surface area contributed by atoms with Crippen molar-refractivity contribution in [2.75, 3.05) is 31.3 Å². The van der Waals surface area contributed by atoms with Gasteiger partial charge in [-0.15, -0.1) is 0 Å². The lowest BCUT2D eigenvalue weighted by Crippen LogP contribution is -2.54. The number of halogens is 2. The third-order valence-electron chi connectivity index (χ3n) is 7.03. The molecule has 3 rings (SSSR count). The van der Waals surface area contributed by atoms with Crippen molar-refractivity contribution in [1.29, 1.82) is 0 Å². The van der Waals surface area contributed by atoms with Gasteiger partial charge in [0, 0.05) is 28.7 Å². The summed E-state index contributed by atoms with van der Waals surface area (Å²) < 4.78 is 37.4. The van der Waals surface area contributed by atoms with E-state index in [1.54, 1.807) is 24.3 Å². The Labute approximate surface area is 246 Å². The van der Waals surface area contributed by atoms with Crippen LogP contribution in [0.5, 0.6) is 11.5 Å². The van der Waals surface area contributed by atoms with E-state index in [0.717, 1.165) is 42.7 Å². The minimum atomic E-state index is -3.91. The second-order valence-corrected chi connectivity index (χ2v) is 12.6. The molecule has 0 heterocycles. The second kappa shape index (κ2) is 14.3. The lowest BCUT2D eigenvalue weighted by Gasteiger charge is -2.34. The van der Waals surface area contributed by atoms with Crippen LogP contribution in [0.4, 0.5) is 5.69 Å². The highest BCUT2D eigenvalue weighted by Crippen LogP contribution is 2.33. The Balaban J connectivity index is 1.97. The van der Waals surface area contributed by atoms with Gasteiger partial charge >= 0.3 is 0 Å². The van der Waals surface area contributed by atoms with Gasteiger partial charge in [0.15, 0.2) is 11.5 Å². The van der Waals surface area contributed by atoms with Gasteiger partial charge in [0.2, 0.25) is 21.8 Å². The molecule has 0 saturated heterocycles. The molecule has 1 N–H and O–H groups in total. The zero-order valence-electron chi connectivity index (χ0n) is 23.3. The fourth-order valence-electron chi connectivity index (χ4n) is 4.89. The Kier molecular flexibility index (Phi) is 11.4. The maximum absolute atomic E-state index is 13.9. The molecule has 0 aromatic heterocycles. The van der Waals surface area contributed by atoms with E-state index in [9.17, 15) is 18.0 Å². The Morgan fingerprint density at radius 2 is 1.70 bits per heavy atom. The highest BCUT2D eigenvalue weighted by atomic mass is 35.5. The molecule has 1 atom stereocenters. The van der Waals surface area contributed by atoms with Crippen molar-refractivity contribution in [2.24, 2.45) is 0 Å². The number of hydrogen-bond donors (Lipinski definition) is 1. The molecule has 220 valence electrons. The number of sulfonamides is 1. The molecular formula is C28H37Cl2N3O6S. The van der Waals surface area contributed by atoms with E-state index in [1.165, 1.54) is 31.3 Å². The predicted molar refractivity (Wildman–Crippen MR) is 158 cm³/mol. The van der Waals surface area contributed by atoms with Crippen molar-refractivity contribution < 1.29 is 27.5 Å². The number of anilines is 1. The largest absolute Gasteiger partial charge is 0.493 e. The van der Waals surface area contributed by atoms with Crippen molar-refractivity contribution in [3.8, 4) is 11.5 Å². The van der Waals surface area contributed by atoms with Gasteiger partial charge in [-0.05, 0) is 49.1 Å². The van der Waals surface area contributed by atoms with E-state index in [-0.39, 0.29) is 24.2 Å². The third-order valence-corrected chi connectivity index (χ3v) is 8.76. The third kappa shape index (κ3) is 8.17. The summed E-state index contributed by atoms with van der Waals surface area (Å²) in [5, 5.41) is 3.88. The molecule has 1 aliphatic rings. The fourth-order valence-corrected chi connectivity index (χ4v) is 6.20. The van der Waals surface area contributed by atoms with Crippen molar-refractivity contribution in [2.45, 2.75) is 64.1 Å². The molecule has 2 aromatic rings. The van der Waals surface area contributed by atoms with Gasteiger partial charge in [-0.2, -0.15) is 0 Å². The maximum atomic E-state index is 13.9. The fraction of sp³-hybridized carbons (Fsp3) is 0.500. The van der Waals surface area contributed by atoms with Crippen LogP contribution in [0, 0.1) is 0 Å². The highest BCUT2D eigenvalue weighted by molar-refractivity contribution is 7.92. The number of carbonyl (C=O) groups is 2. The summed E-state index contributed by atoms with van der Waals surface area (Å²) in [7, 11) is -1.00. The summed E-state index contributed by atoms with van der Waals surface area (Å²) in [5.41, 5.74) is 0.804. The monoisotopic (exact) mass is 613 g/mol. The summed E-state index contributed by atoms with van der Waals surface area (Å²) in [4.78, 5) is 28.8. The summed E-state index contributed by atoms with van der Waals surface area (Å²) in [5.74, 6) is -0.110. The van der Waals surface area contributed by atoms with Gasteiger partial charge in [0.1, 0.15) is 12.6 Å². The van der Waals surface area contributed by atoms with Gasteiger partial charge in [-0.1, -0.05) is 55.5 Å². The maximum Gasteiger partial charge on any atom is 0.244 e. The predicted octanol–water partition coefficient (Wildman–Crippen LogP) is 5.03. The van der Waals surface area contributed by atoms with Crippen LogP contribution in [-0.2, 0) is 26.2 Å². The Hall–Kier alpha value is -2.69. The van der Waals surface area contributed by atoms with E-state index in [4.69, 9.17) is 32.7 Å². The number of nitrogens with zero attached hydrogens (tertiary/aromatic N) is 2. The first-order chi connectivity index (χ1) is 19.0. The summed E-state index contributed by atoms with van der Waals surface area (Å²) in [6.07, 6.45) is 6.34. The average molecular weight is 615 g/mol. The second-order valence-electron chi connectivity index (χ2n) is 9.83. The first kappa shape index (κ1) is 31.8. The molecule has 0 radical (unpaired) electrons. The van der Waals surface area contributed by atoms with E-state index in [1.807, 2.05) is 6.92 Å². The van der Waals surface area contributed by atoms with Crippen LogP contribution in [0.15, 0.2) is 36.4 Å². The number of benzene rings is 2. The first-order valence-electron chi connectivity index (χ1n) is 13.2. The van der Waals surface area contributed by atoms with Gasteiger partial charge in [0.05, 0.1) is 26.2 Å². The molecule has 0 unspecified atom stereocenters. The van der Waals surface area contributed by atoms with E-state index < -0.39 is 28.5 Å². The minimum absolute atomic E-state index is 0.00500. The van der Waals surface area contributed by atoms with E-state index in [0.29, 0.717) is 33.5 Å². The van der Waals surface area contributed by atoms with Crippen molar-refractivity contribution in [3.05, 3.63) is 52.0 Å². The van der Waals surface area contributed by atoms with Crippen molar-refractivity contribution in [1.82, 2.24) is 10.2 Å². The molecule has 0 aliphatic heterocycles. The van der Waals surface area contributed by atoms with Gasteiger partial charge in [-0.3, -0.25) is 13.9 Å². The van der Waals surface area contributed by atoms with Crippen LogP contribution in [0.3, 0.4) is 0 Å². The summed E-state index contributed by atoms with van der Waals surface area (Å²) >= 11 is 12.5. The quantitative estimate of drug-likeness (QED) is 0.360. The number of nitrogens with one attached hydrogen (secondary N) is 1. The molecule has 0 spiro atoms. The minimum Gasteiger partial charge on any atom is -0.493 e. The Morgan fingerprint density at radius 3 is 2.27 bits per heavy atom. The van der Waals surface area contributed by atoms with Gasteiger partial charge in [-0.25, -0.2) is 8.42 Å². The molecule has 1 fully saturated rings. The van der Waals surface area contributed by atoms with Crippen LogP contribution in [0.25, 0.3) is 0 Å². The normalized spacial score (nSPS) is 14.8. The Bertz CT molecular complexity index is 1300. The summed E-state index contributed by atoms with van der Waals surface area (Å²) in [6.45, 7) is 1.28.